The van der Waals surface area contributed by atoms with E-state index in [2.05, 4.69) is 25.1 Å². The SMILES string of the molecule is C/C(=C\C[C@H](N)CO)c1ccccc1. The first-order valence-corrected chi connectivity index (χ1v) is 4.82. The maximum Gasteiger partial charge on any atom is 0.0585 e. The van der Waals surface area contributed by atoms with Gasteiger partial charge in [-0.25, -0.2) is 0 Å². The molecule has 0 bridgehead atoms. The topological polar surface area (TPSA) is 46.2 Å². The van der Waals surface area contributed by atoms with Crippen molar-refractivity contribution >= 4 is 5.57 Å². The van der Waals surface area contributed by atoms with E-state index in [0.717, 1.165) is 6.42 Å². The molecule has 0 radical (unpaired) electrons. The van der Waals surface area contributed by atoms with Crippen LogP contribution in [0.3, 0.4) is 0 Å². The lowest BCUT2D eigenvalue weighted by Crippen LogP contribution is -2.23. The summed E-state index contributed by atoms with van der Waals surface area (Å²) in [5.41, 5.74) is 8.01. The predicted molar refractivity (Wildman–Crippen MR) is 59.8 cm³/mol. The largest absolute Gasteiger partial charge is 0.395 e. The van der Waals surface area contributed by atoms with E-state index in [1.165, 1.54) is 11.1 Å². The zero-order valence-corrected chi connectivity index (χ0v) is 8.48. The molecule has 2 heteroatoms. The number of aliphatic hydroxyl groups excluding tert-OH is 1. The Bertz CT molecular complexity index is 292. The quantitative estimate of drug-likeness (QED) is 0.762. The minimum Gasteiger partial charge on any atom is -0.395 e. The smallest absolute Gasteiger partial charge is 0.0585 e. The third kappa shape index (κ3) is 3.32. The van der Waals surface area contributed by atoms with E-state index in [-0.39, 0.29) is 12.6 Å². The Morgan fingerprint density at radius 2 is 2.07 bits per heavy atom. The number of rotatable bonds is 4. The molecule has 0 aliphatic carbocycles. The van der Waals surface area contributed by atoms with Gasteiger partial charge < -0.3 is 10.8 Å². The van der Waals surface area contributed by atoms with Crippen molar-refractivity contribution in [2.24, 2.45) is 5.73 Å². The first-order chi connectivity index (χ1) is 6.74. The van der Waals surface area contributed by atoms with Crippen LogP contribution in [0.2, 0.25) is 0 Å². The third-order valence-corrected chi connectivity index (χ3v) is 2.19. The zero-order valence-electron chi connectivity index (χ0n) is 8.48. The third-order valence-electron chi connectivity index (χ3n) is 2.19. The van der Waals surface area contributed by atoms with Crippen LogP contribution in [0.5, 0.6) is 0 Å². The molecule has 0 aromatic heterocycles. The fourth-order valence-electron chi connectivity index (χ4n) is 1.22. The first kappa shape index (κ1) is 11.0. The molecular weight excluding hydrogens is 174 g/mol. The van der Waals surface area contributed by atoms with Crippen molar-refractivity contribution in [3.8, 4) is 0 Å². The Labute approximate surface area is 85.1 Å². The highest BCUT2D eigenvalue weighted by atomic mass is 16.3. The van der Waals surface area contributed by atoms with Crippen LogP contribution in [0.25, 0.3) is 5.57 Å². The summed E-state index contributed by atoms with van der Waals surface area (Å²) in [7, 11) is 0. The zero-order chi connectivity index (χ0) is 10.4. The van der Waals surface area contributed by atoms with Gasteiger partial charge in [-0.2, -0.15) is 0 Å². The molecule has 1 aromatic rings. The van der Waals surface area contributed by atoms with Crippen molar-refractivity contribution in [1.82, 2.24) is 0 Å². The molecule has 0 aliphatic heterocycles. The number of aliphatic hydroxyl groups is 1. The number of allylic oxidation sites excluding steroid dienone is 1. The number of benzene rings is 1. The van der Waals surface area contributed by atoms with E-state index < -0.39 is 0 Å². The van der Waals surface area contributed by atoms with Crippen molar-refractivity contribution in [3.05, 3.63) is 42.0 Å². The fourth-order valence-corrected chi connectivity index (χ4v) is 1.22. The van der Waals surface area contributed by atoms with E-state index in [0.29, 0.717) is 0 Å². The highest BCUT2D eigenvalue weighted by molar-refractivity contribution is 5.63. The minimum atomic E-state index is -0.145. The normalized spacial score (nSPS) is 14.1. The summed E-state index contributed by atoms with van der Waals surface area (Å²) >= 11 is 0. The highest BCUT2D eigenvalue weighted by Gasteiger charge is 1.98. The number of nitrogens with two attached hydrogens (primary N) is 1. The molecule has 0 aliphatic rings. The monoisotopic (exact) mass is 191 g/mol. The second-order valence-electron chi connectivity index (χ2n) is 3.43. The molecule has 0 saturated carbocycles. The summed E-state index contributed by atoms with van der Waals surface area (Å²) in [6.07, 6.45) is 2.79. The van der Waals surface area contributed by atoms with E-state index >= 15 is 0 Å². The molecule has 2 nitrogen and oxygen atoms in total. The molecule has 1 atom stereocenters. The van der Waals surface area contributed by atoms with Crippen molar-refractivity contribution in [2.75, 3.05) is 6.61 Å². The van der Waals surface area contributed by atoms with E-state index in [4.69, 9.17) is 10.8 Å². The van der Waals surface area contributed by atoms with Crippen LogP contribution < -0.4 is 5.73 Å². The summed E-state index contributed by atoms with van der Waals surface area (Å²) in [6, 6.07) is 10.0. The molecule has 1 aromatic carbocycles. The van der Waals surface area contributed by atoms with E-state index in [1.807, 2.05) is 18.2 Å². The van der Waals surface area contributed by atoms with Gasteiger partial charge in [-0.05, 0) is 24.5 Å². The summed E-state index contributed by atoms with van der Waals surface area (Å²) in [5, 5.41) is 8.76. The van der Waals surface area contributed by atoms with E-state index in [1.54, 1.807) is 0 Å². The first-order valence-electron chi connectivity index (χ1n) is 4.82. The van der Waals surface area contributed by atoms with Crippen LogP contribution in [0, 0.1) is 0 Å². The van der Waals surface area contributed by atoms with Gasteiger partial charge in [0.25, 0.3) is 0 Å². The van der Waals surface area contributed by atoms with Gasteiger partial charge in [0.2, 0.25) is 0 Å². The molecule has 1 rings (SSSR count). The van der Waals surface area contributed by atoms with Gasteiger partial charge in [0.05, 0.1) is 6.61 Å². The number of hydrogen-bond acceptors (Lipinski definition) is 2. The minimum absolute atomic E-state index is 0.0402. The molecule has 3 N–H and O–H groups in total. The Morgan fingerprint density at radius 1 is 1.43 bits per heavy atom. The van der Waals surface area contributed by atoms with Gasteiger partial charge in [-0.15, -0.1) is 0 Å². The van der Waals surface area contributed by atoms with Crippen molar-refractivity contribution in [1.29, 1.82) is 0 Å². The van der Waals surface area contributed by atoms with Gasteiger partial charge >= 0.3 is 0 Å². The molecule has 0 heterocycles. The van der Waals surface area contributed by atoms with Gasteiger partial charge in [0, 0.05) is 6.04 Å². The lowest BCUT2D eigenvalue weighted by Gasteiger charge is -2.05. The Hall–Kier alpha value is -1.12. The summed E-state index contributed by atoms with van der Waals surface area (Å²) < 4.78 is 0. The van der Waals surface area contributed by atoms with Crippen molar-refractivity contribution in [3.63, 3.8) is 0 Å². The molecule has 0 spiro atoms. The summed E-state index contributed by atoms with van der Waals surface area (Å²) in [6.45, 7) is 2.10. The Balaban J connectivity index is 2.61. The lowest BCUT2D eigenvalue weighted by atomic mass is 10.1. The van der Waals surface area contributed by atoms with E-state index in [9.17, 15) is 0 Å². The average molecular weight is 191 g/mol. The second-order valence-corrected chi connectivity index (χ2v) is 3.43. The lowest BCUT2D eigenvalue weighted by molar-refractivity contribution is 0.266. The highest BCUT2D eigenvalue weighted by Crippen LogP contribution is 2.13. The van der Waals surface area contributed by atoms with Gasteiger partial charge in [0.15, 0.2) is 0 Å². The van der Waals surface area contributed by atoms with Crippen LogP contribution in [0.1, 0.15) is 18.9 Å². The average Bonchev–Trinajstić information content (AvgIpc) is 2.26. The van der Waals surface area contributed by atoms with Crippen LogP contribution >= 0.6 is 0 Å². The molecular formula is C12H17NO. The van der Waals surface area contributed by atoms with Crippen molar-refractivity contribution < 1.29 is 5.11 Å². The molecule has 0 unspecified atom stereocenters. The van der Waals surface area contributed by atoms with Gasteiger partial charge in [-0.1, -0.05) is 36.4 Å². The van der Waals surface area contributed by atoms with Gasteiger partial charge in [0.1, 0.15) is 0 Å². The standard InChI is InChI=1S/C12H17NO/c1-10(7-8-12(13)9-14)11-5-3-2-4-6-11/h2-7,12,14H,8-9,13H2,1H3/b10-7+/t12-/m0/s1. The number of hydrogen-bond donors (Lipinski definition) is 2. The van der Waals surface area contributed by atoms with Crippen LogP contribution in [0.15, 0.2) is 36.4 Å². The predicted octanol–water partition coefficient (Wildman–Crippen LogP) is 1.80. The molecule has 0 saturated heterocycles. The fraction of sp³-hybridized carbons (Fsp3) is 0.333. The second kappa shape index (κ2) is 5.58. The molecule has 0 fully saturated rings. The summed E-state index contributed by atoms with van der Waals surface area (Å²) in [4.78, 5) is 0. The maximum atomic E-state index is 8.76. The Kier molecular flexibility index (Phi) is 4.36. The van der Waals surface area contributed by atoms with Crippen molar-refractivity contribution in [2.45, 2.75) is 19.4 Å². The van der Waals surface area contributed by atoms with Gasteiger partial charge in [-0.3, -0.25) is 0 Å². The van der Waals surface area contributed by atoms with Crippen LogP contribution in [0.4, 0.5) is 0 Å². The summed E-state index contributed by atoms with van der Waals surface area (Å²) in [5.74, 6) is 0. The molecule has 14 heavy (non-hydrogen) atoms. The maximum absolute atomic E-state index is 8.76. The van der Waals surface area contributed by atoms with Crippen LogP contribution in [-0.2, 0) is 0 Å². The molecule has 76 valence electrons. The Morgan fingerprint density at radius 3 is 2.64 bits per heavy atom. The molecule has 0 amide bonds. The van der Waals surface area contributed by atoms with Crippen LogP contribution in [-0.4, -0.2) is 17.8 Å².